The molecule has 2 nitrogen and oxygen atoms in total. The van der Waals surface area contributed by atoms with Gasteiger partial charge in [0.2, 0.25) is 0 Å². The van der Waals surface area contributed by atoms with Crippen molar-refractivity contribution in [2.45, 2.75) is 30.7 Å². The lowest BCUT2D eigenvalue weighted by Crippen LogP contribution is -2.21. The maximum Gasteiger partial charge on any atom is 0.122 e. The zero-order valence-electron chi connectivity index (χ0n) is 9.07. The molecule has 0 bridgehead atoms. The van der Waals surface area contributed by atoms with Crippen LogP contribution in [0.3, 0.4) is 0 Å². The second-order valence-corrected chi connectivity index (χ2v) is 4.83. The molecule has 1 aromatic rings. The van der Waals surface area contributed by atoms with Gasteiger partial charge in [0.25, 0.3) is 0 Å². The van der Waals surface area contributed by atoms with Crippen LogP contribution in [0.5, 0.6) is 5.75 Å². The van der Waals surface area contributed by atoms with Gasteiger partial charge in [-0.05, 0) is 31.2 Å². The zero-order chi connectivity index (χ0) is 10.5. The van der Waals surface area contributed by atoms with Crippen LogP contribution in [-0.2, 0) is 5.41 Å². The van der Waals surface area contributed by atoms with Crippen LogP contribution in [0, 0.1) is 5.92 Å². The normalized spacial score (nSPS) is 33.9. The van der Waals surface area contributed by atoms with Gasteiger partial charge >= 0.3 is 0 Å². The molecular formula is C13H17NO. The summed E-state index contributed by atoms with van der Waals surface area (Å²) in [5, 5.41) is 0. The first-order valence-corrected chi connectivity index (χ1v) is 5.68. The first kappa shape index (κ1) is 9.22. The van der Waals surface area contributed by atoms with Crippen molar-refractivity contribution in [3.63, 3.8) is 0 Å². The largest absolute Gasteiger partial charge is 0.496 e. The molecule has 15 heavy (non-hydrogen) atoms. The summed E-state index contributed by atoms with van der Waals surface area (Å²) in [5.41, 5.74) is 7.73. The van der Waals surface area contributed by atoms with Crippen molar-refractivity contribution in [1.82, 2.24) is 0 Å². The van der Waals surface area contributed by atoms with Crippen LogP contribution in [0.1, 0.15) is 24.8 Å². The van der Waals surface area contributed by atoms with E-state index in [1.807, 2.05) is 12.1 Å². The van der Waals surface area contributed by atoms with Crippen LogP contribution in [0.25, 0.3) is 0 Å². The molecule has 3 rings (SSSR count). The molecule has 0 aliphatic heterocycles. The molecule has 2 aliphatic rings. The number of methoxy groups -OCH3 is 1. The molecule has 0 saturated heterocycles. The maximum absolute atomic E-state index is 6.14. The fourth-order valence-corrected chi connectivity index (χ4v) is 2.93. The lowest BCUT2D eigenvalue weighted by Gasteiger charge is -2.19. The smallest absolute Gasteiger partial charge is 0.122 e. The third-order valence-corrected chi connectivity index (χ3v) is 3.97. The third-order valence-electron chi connectivity index (χ3n) is 3.97. The van der Waals surface area contributed by atoms with Gasteiger partial charge in [-0.3, -0.25) is 0 Å². The topological polar surface area (TPSA) is 35.2 Å². The van der Waals surface area contributed by atoms with Crippen molar-refractivity contribution in [3.8, 4) is 5.75 Å². The Hall–Kier alpha value is -1.02. The molecule has 2 saturated carbocycles. The van der Waals surface area contributed by atoms with Crippen molar-refractivity contribution in [2.24, 2.45) is 11.7 Å². The molecule has 0 amide bonds. The van der Waals surface area contributed by atoms with Crippen molar-refractivity contribution >= 4 is 0 Å². The van der Waals surface area contributed by atoms with E-state index in [9.17, 15) is 0 Å². The van der Waals surface area contributed by atoms with Gasteiger partial charge < -0.3 is 10.5 Å². The number of hydrogen-bond acceptors (Lipinski definition) is 2. The third kappa shape index (κ3) is 1.21. The quantitative estimate of drug-likeness (QED) is 0.816. The molecular weight excluding hydrogens is 186 g/mol. The van der Waals surface area contributed by atoms with E-state index in [1.54, 1.807) is 7.11 Å². The summed E-state index contributed by atoms with van der Waals surface area (Å²) in [5.74, 6) is 1.82. The minimum atomic E-state index is 0.257. The average Bonchev–Trinajstić information content (AvgIpc) is 3.13. The van der Waals surface area contributed by atoms with Crippen molar-refractivity contribution in [2.75, 3.05) is 7.11 Å². The Morgan fingerprint density at radius 2 is 2.00 bits per heavy atom. The van der Waals surface area contributed by atoms with Gasteiger partial charge in [0.15, 0.2) is 0 Å². The van der Waals surface area contributed by atoms with E-state index in [4.69, 9.17) is 10.5 Å². The lowest BCUT2D eigenvalue weighted by molar-refractivity contribution is 0.398. The monoisotopic (exact) mass is 203 g/mol. The summed E-state index contributed by atoms with van der Waals surface area (Å²) >= 11 is 0. The predicted octanol–water partition coefficient (Wildman–Crippen LogP) is 2.07. The highest BCUT2D eigenvalue weighted by Crippen LogP contribution is 2.62. The Balaban J connectivity index is 2.04. The molecule has 2 heteroatoms. The lowest BCUT2D eigenvalue weighted by atomic mass is 9.89. The van der Waals surface area contributed by atoms with E-state index in [0.29, 0.717) is 6.04 Å². The number of rotatable bonds is 3. The highest BCUT2D eigenvalue weighted by molar-refractivity contribution is 5.47. The second kappa shape index (κ2) is 2.99. The molecule has 0 heterocycles. The summed E-state index contributed by atoms with van der Waals surface area (Å²) in [6.07, 6.45) is 3.82. The standard InChI is InChI=1S/C13H17NO/c1-15-11-5-3-2-4-10(11)13(8-12(13)14)9-6-7-9/h2-5,9,12H,6-8,14H2,1H3. The fourth-order valence-electron chi connectivity index (χ4n) is 2.93. The van der Waals surface area contributed by atoms with Crippen LogP contribution < -0.4 is 10.5 Å². The van der Waals surface area contributed by atoms with Crippen molar-refractivity contribution in [3.05, 3.63) is 29.8 Å². The molecule has 2 N–H and O–H groups in total. The number of hydrogen-bond donors (Lipinski definition) is 1. The summed E-state index contributed by atoms with van der Waals surface area (Å²) in [7, 11) is 1.74. The minimum Gasteiger partial charge on any atom is -0.496 e. The zero-order valence-corrected chi connectivity index (χ0v) is 9.07. The van der Waals surface area contributed by atoms with Crippen LogP contribution in [0.2, 0.25) is 0 Å². The maximum atomic E-state index is 6.14. The minimum absolute atomic E-state index is 0.257. The number of benzene rings is 1. The predicted molar refractivity (Wildman–Crippen MR) is 60.0 cm³/mol. The number of ether oxygens (including phenoxy) is 1. The van der Waals surface area contributed by atoms with Gasteiger partial charge in [0.05, 0.1) is 7.11 Å². The van der Waals surface area contributed by atoms with E-state index in [-0.39, 0.29) is 5.41 Å². The van der Waals surface area contributed by atoms with E-state index in [1.165, 1.54) is 18.4 Å². The van der Waals surface area contributed by atoms with Crippen LogP contribution >= 0.6 is 0 Å². The van der Waals surface area contributed by atoms with Crippen LogP contribution in [0.4, 0.5) is 0 Å². The Labute approximate surface area is 90.4 Å². The molecule has 2 fully saturated rings. The molecule has 2 unspecified atom stereocenters. The Morgan fingerprint density at radius 1 is 1.33 bits per heavy atom. The summed E-state index contributed by atoms with van der Waals surface area (Å²) < 4.78 is 5.44. The first-order chi connectivity index (χ1) is 7.29. The first-order valence-electron chi connectivity index (χ1n) is 5.68. The van der Waals surface area contributed by atoms with Crippen molar-refractivity contribution in [1.29, 1.82) is 0 Å². The molecule has 0 spiro atoms. The van der Waals surface area contributed by atoms with Gasteiger partial charge in [-0.2, -0.15) is 0 Å². The van der Waals surface area contributed by atoms with Gasteiger partial charge in [0, 0.05) is 17.0 Å². The molecule has 2 aliphatic carbocycles. The van der Waals surface area contributed by atoms with Crippen molar-refractivity contribution < 1.29 is 4.74 Å². The Kier molecular flexibility index (Phi) is 1.84. The molecule has 2 atom stereocenters. The molecule has 80 valence electrons. The SMILES string of the molecule is COc1ccccc1C1(C2CC2)CC1N. The Bertz CT molecular complexity index is 386. The van der Waals surface area contributed by atoms with Gasteiger partial charge in [-0.1, -0.05) is 18.2 Å². The van der Waals surface area contributed by atoms with Crippen LogP contribution in [0.15, 0.2) is 24.3 Å². The van der Waals surface area contributed by atoms with Gasteiger partial charge in [-0.15, -0.1) is 0 Å². The summed E-state index contributed by atoms with van der Waals surface area (Å²) in [6.45, 7) is 0. The van der Waals surface area contributed by atoms with E-state index < -0.39 is 0 Å². The molecule has 1 aromatic carbocycles. The average molecular weight is 203 g/mol. The van der Waals surface area contributed by atoms with E-state index >= 15 is 0 Å². The van der Waals surface area contributed by atoms with Gasteiger partial charge in [-0.25, -0.2) is 0 Å². The summed E-state index contributed by atoms with van der Waals surface area (Å²) in [4.78, 5) is 0. The van der Waals surface area contributed by atoms with E-state index in [2.05, 4.69) is 12.1 Å². The van der Waals surface area contributed by atoms with E-state index in [0.717, 1.165) is 18.1 Å². The number of nitrogens with two attached hydrogens (primary N) is 1. The van der Waals surface area contributed by atoms with Crippen LogP contribution in [-0.4, -0.2) is 13.2 Å². The highest BCUT2D eigenvalue weighted by Gasteiger charge is 2.62. The highest BCUT2D eigenvalue weighted by atomic mass is 16.5. The summed E-state index contributed by atoms with van der Waals surface area (Å²) in [6, 6.07) is 8.69. The van der Waals surface area contributed by atoms with Gasteiger partial charge in [0.1, 0.15) is 5.75 Å². The fraction of sp³-hybridized carbons (Fsp3) is 0.538. The number of para-hydroxylation sites is 1. The Morgan fingerprint density at radius 3 is 2.53 bits per heavy atom. The molecule has 0 radical (unpaired) electrons. The molecule has 0 aromatic heterocycles. The second-order valence-electron chi connectivity index (χ2n) is 4.83.